The number of pyridine rings is 1. The van der Waals surface area contributed by atoms with Crippen molar-refractivity contribution in [1.29, 1.82) is 0 Å². The summed E-state index contributed by atoms with van der Waals surface area (Å²) in [5.41, 5.74) is 1.29. The number of carbonyl (C=O) groups is 1. The molecule has 3 N–H and O–H groups in total. The van der Waals surface area contributed by atoms with Crippen molar-refractivity contribution in [2.24, 2.45) is 11.8 Å². The van der Waals surface area contributed by atoms with E-state index in [4.69, 9.17) is 21.1 Å². The van der Waals surface area contributed by atoms with Crippen molar-refractivity contribution in [3.05, 3.63) is 29.7 Å². The zero-order valence-electron chi connectivity index (χ0n) is 18.8. The Hall–Kier alpha value is -2.33. The minimum absolute atomic E-state index is 0.0582. The standard InChI is InChI=1S/C23H31ClN6O3/c1-32-14-17-3-2-16(10-26-17)23(31)30-21-8-18(19(24)11-28-21)20-12-25-13-22(29-20)27-9-15-4-6-33-7-5-15/h8,11-13,15-17,26H,2-7,9-10,14H2,1H3,(H,27,29)(H,28,30,31)/t16-,17-/m1/s1. The first-order valence-electron chi connectivity index (χ1n) is 11.4. The molecule has 0 aliphatic carbocycles. The summed E-state index contributed by atoms with van der Waals surface area (Å²) in [6, 6.07) is 2.04. The second-order valence-corrected chi connectivity index (χ2v) is 9.01. The highest BCUT2D eigenvalue weighted by atomic mass is 35.5. The van der Waals surface area contributed by atoms with E-state index in [2.05, 4.69) is 30.9 Å². The largest absolute Gasteiger partial charge is 0.383 e. The Morgan fingerprint density at radius 1 is 1.21 bits per heavy atom. The third-order valence-electron chi connectivity index (χ3n) is 6.18. The van der Waals surface area contributed by atoms with Gasteiger partial charge in [-0.15, -0.1) is 0 Å². The summed E-state index contributed by atoms with van der Waals surface area (Å²) < 4.78 is 10.6. The van der Waals surface area contributed by atoms with Crippen molar-refractivity contribution in [3.8, 4) is 11.3 Å². The van der Waals surface area contributed by atoms with Crippen molar-refractivity contribution in [2.45, 2.75) is 31.7 Å². The molecule has 0 unspecified atom stereocenters. The van der Waals surface area contributed by atoms with Crippen LogP contribution in [0.4, 0.5) is 11.6 Å². The molecule has 178 valence electrons. The molecule has 0 bridgehead atoms. The lowest BCUT2D eigenvalue weighted by molar-refractivity contribution is -0.120. The highest BCUT2D eigenvalue weighted by Crippen LogP contribution is 2.29. The van der Waals surface area contributed by atoms with Crippen molar-refractivity contribution in [3.63, 3.8) is 0 Å². The molecule has 0 radical (unpaired) electrons. The second-order valence-electron chi connectivity index (χ2n) is 8.60. The minimum atomic E-state index is -0.114. The van der Waals surface area contributed by atoms with Crippen LogP contribution in [0.1, 0.15) is 25.7 Å². The number of carbonyl (C=O) groups excluding carboxylic acids is 1. The SMILES string of the molecule is COC[C@H]1CC[C@@H](C(=O)Nc2cc(-c3cncc(NCC4CCOCC4)n3)c(Cl)cn2)CN1. The summed E-state index contributed by atoms with van der Waals surface area (Å²) >= 11 is 6.41. The maximum Gasteiger partial charge on any atom is 0.229 e. The molecule has 0 spiro atoms. The third-order valence-corrected chi connectivity index (χ3v) is 6.49. The van der Waals surface area contributed by atoms with Gasteiger partial charge in [0.2, 0.25) is 5.91 Å². The number of piperidine rings is 1. The lowest BCUT2D eigenvalue weighted by Gasteiger charge is -2.28. The Balaban J connectivity index is 1.39. The quantitative estimate of drug-likeness (QED) is 0.535. The Labute approximate surface area is 199 Å². The number of hydrogen-bond donors (Lipinski definition) is 3. The molecule has 2 saturated heterocycles. The van der Waals surface area contributed by atoms with E-state index >= 15 is 0 Å². The fourth-order valence-electron chi connectivity index (χ4n) is 4.19. The highest BCUT2D eigenvalue weighted by Gasteiger charge is 2.26. The van der Waals surface area contributed by atoms with E-state index < -0.39 is 0 Å². The number of ether oxygens (including phenoxy) is 2. The van der Waals surface area contributed by atoms with Crippen molar-refractivity contribution >= 4 is 29.1 Å². The van der Waals surface area contributed by atoms with Crippen molar-refractivity contribution in [1.82, 2.24) is 20.3 Å². The number of anilines is 2. The van der Waals surface area contributed by atoms with E-state index in [1.54, 1.807) is 25.6 Å². The Kier molecular flexibility index (Phi) is 8.44. The average molecular weight is 475 g/mol. The van der Waals surface area contributed by atoms with Gasteiger partial charge in [-0.05, 0) is 37.7 Å². The molecule has 1 amide bonds. The predicted molar refractivity (Wildman–Crippen MR) is 127 cm³/mol. The molecule has 4 rings (SSSR count). The minimum Gasteiger partial charge on any atom is -0.383 e. The molecular formula is C23H31ClN6O3. The zero-order chi connectivity index (χ0) is 23.0. The van der Waals surface area contributed by atoms with Crippen LogP contribution in [0.2, 0.25) is 5.02 Å². The Morgan fingerprint density at radius 2 is 2.06 bits per heavy atom. The van der Waals surface area contributed by atoms with Gasteiger partial charge in [0.15, 0.2) is 0 Å². The first-order valence-corrected chi connectivity index (χ1v) is 11.8. The molecular weight excluding hydrogens is 444 g/mol. The summed E-state index contributed by atoms with van der Waals surface area (Å²) in [7, 11) is 1.69. The summed E-state index contributed by atoms with van der Waals surface area (Å²) in [5.74, 6) is 1.53. The lowest BCUT2D eigenvalue weighted by Crippen LogP contribution is -2.45. The lowest BCUT2D eigenvalue weighted by atomic mass is 9.94. The molecule has 2 aliphatic rings. The first-order chi connectivity index (χ1) is 16.1. The van der Waals surface area contributed by atoms with Crippen LogP contribution >= 0.6 is 11.6 Å². The van der Waals surface area contributed by atoms with E-state index in [-0.39, 0.29) is 11.8 Å². The van der Waals surface area contributed by atoms with Crippen LogP contribution in [0.15, 0.2) is 24.7 Å². The monoisotopic (exact) mass is 474 g/mol. The van der Waals surface area contributed by atoms with Gasteiger partial charge in [-0.25, -0.2) is 9.97 Å². The van der Waals surface area contributed by atoms with Gasteiger partial charge < -0.3 is 25.4 Å². The van der Waals surface area contributed by atoms with Crippen LogP contribution in [-0.4, -0.2) is 66.9 Å². The number of methoxy groups -OCH3 is 1. The van der Waals surface area contributed by atoms with Gasteiger partial charge in [0, 0.05) is 51.2 Å². The summed E-state index contributed by atoms with van der Waals surface area (Å²) in [6.45, 7) is 3.72. The molecule has 2 aromatic rings. The van der Waals surface area contributed by atoms with Crippen LogP contribution in [0, 0.1) is 11.8 Å². The molecule has 2 atom stereocenters. The van der Waals surface area contributed by atoms with Crippen LogP contribution in [-0.2, 0) is 14.3 Å². The van der Waals surface area contributed by atoms with Gasteiger partial charge in [-0.1, -0.05) is 11.6 Å². The number of hydrogen-bond acceptors (Lipinski definition) is 8. The van der Waals surface area contributed by atoms with Crippen molar-refractivity contribution in [2.75, 3.05) is 50.7 Å². The number of nitrogens with one attached hydrogen (secondary N) is 3. The normalized spacial score (nSPS) is 21.5. The summed E-state index contributed by atoms with van der Waals surface area (Å²) in [6.07, 6.45) is 8.69. The van der Waals surface area contributed by atoms with Crippen LogP contribution in [0.5, 0.6) is 0 Å². The molecule has 33 heavy (non-hydrogen) atoms. The maximum absolute atomic E-state index is 12.8. The molecule has 2 fully saturated rings. The van der Waals surface area contributed by atoms with Gasteiger partial charge in [-0.2, -0.15) is 0 Å². The van der Waals surface area contributed by atoms with E-state index in [0.29, 0.717) is 53.0 Å². The molecule has 2 aromatic heterocycles. The topological polar surface area (TPSA) is 110 Å². The number of aromatic nitrogens is 3. The number of halogens is 1. The first kappa shape index (κ1) is 23.8. The zero-order valence-corrected chi connectivity index (χ0v) is 19.6. The van der Waals surface area contributed by atoms with Gasteiger partial charge in [0.1, 0.15) is 11.6 Å². The third kappa shape index (κ3) is 6.60. The molecule has 9 nitrogen and oxygen atoms in total. The van der Waals surface area contributed by atoms with Crippen molar-refractivity contribution < 1.29 is 14.3 Å². The number of nitrogens with zero attached hydrogens (tertiary/aromatic N) is 3. The fraction of sp³-hybridized carbons (Fsp3) is 0.565. The van der Waals surface area contributed by atoms with Gasteiger partial charge in [0.05, 0.1) is 35.6 Å². The highest BCUT2D eigenvalue weighted by molar-refractivity contribution is 6.33. The Morgan fingerprint density at radius 3 is 2.82 bits per heavy atom. The molecule has 0 aromatic carbocycles. The maximum atomic E-state index is 12.8. The summed E-state index contributed by atoms with van der Waals surface area (Å²) in [5, 5.41) is 10.1. The second kappa shape index (κ2) is 11.7. The molecule has 4 heterocycles. The molecule has 2 aliphatic heterocycles. The molecule has 10 heteroatoms. The van der Waals surface area contributed by atoms with Crippen LogP contribution in [0.25, 0.3) is 11.3 Å². The average Bonchev–Trinajstić information content (AvgIpc) is 2.85. The summed E-state index contributed by atoms with van der Waals surface area (Å²) in [4.78, 5) is 26.0. The van der Waals surface area contributed by atoms with E-state index in [1.165, 1.54) is 6.20 Å². The van der Waals surface area contributed by atoms with Crippen LogP contribution < -0.4 is 16.0 Å². The van der Waals surface area contributed by atoms with E-state index in [0.717, 1.165) is 45.4 Å². The van der Waals surface area contributed by atoms with Gasteiger partial charge >= 0.3 is 0 Å². The number of rotatable bonds is 8. The fourth-order valence-corrected chi connectivity index (χ4v) is 4.39. The van der Waals surface area contributed by atoms with Crippen LogP contribution in [0.3, 0.4) is 0 Å². The molecule has 0 saturated carbocycles. The smallest absolute Gasteiger partial charge is 0.229 e. The number of amides is 1. The predicted octanol–water partition coefficient (Wildman–Crippen LogP) is 2.98. The van der Waals surface area contributed by atoms with Gasteiger partial charge in [-0.3, -0.25) is 9.78 Å². The van der Waals surface area contributed by atoms with E-state index in [9.17, 15) is 4.79 Å². The van der Waals surface area contributed by atoms with Gasteiger partial charge in [0.25, 0.3) is 0 Å². The van der Waals surface area contributed by atoms with E-state index in [1.807, 2.05) is 0 Å². The Bertz CT molecular complexity index is 932.